The van der Waals surface area contributed by atoms with Crippen LogP contribution in [0.5, 0.6) is 0 Å². The molecule has 17 heavy (non-hydrogen) atoms. The average Bonchev–Trinajstić information content (AvgIpc) is 2.76. The van der Waals surface area contributed by atoms with Crippen LogP contribution in [0.25, 0.3) is 5.69 Å². The smallest absolute Gasteiger partial charge is 0.101 e. The molecule has 3 heteroatoms. The molecular weight excluding hydrogens is 212 g/mol. The fourth-order valence-corrected chi connectivity index (χ4v) is 1.75. The summed E-state index contributed by atoms with van der Waals surface area (Å²) in [4.78, 5) is 0. The Kier molecular flexibility index (Phi) is 3.03. The molecule has 0 bridgehead atoms. The second-order valence-corrected chi connectivity index (χ2v) is 5.27. The van der Waals surface area contributed by atoms with Crippen molar-refractivity contribution >= 4 is 0 Å². The molecule has 1 heterocycles. The maximum absolute atomic E-state index is 10.3. The van der Waals surface area contributed by atoms with Crippen LogP contribution in [0.3, 0.4) is 0 Å². The third kappa shape index (κ3) is 2.39. The van der Waals surface area contributed by atoms with Crippen molar-refractivity contribution in [2.45, 2.75) is 26.9 Å². The predicted octanol–water partition coefficient (Wildman–Crippen LogP) is 2.95. The lowest BCUT2D eigenvalue weighted by Gasteiger charge is -2.26. The van der Waals surface area contributed by atoms with Crippen molar-refractivity contribution in [3.63, 3.8) is 0 Å². The maximum Gasteiger partial charge on any atom is 0.101 e. The molecule has 1 aromatic heterocycles. The van der Waals surface area contributed by atoms with Gasteiger partial charge in [-0.1, -0.05) is 39.0 Å². The van der Waals surface area contributed by atoms with Crippen molar-refractivity contribution < 1.29 is 5.11 Å². The first-order chi connectivity index (χ1) is 8.00. The first-order valence-corrected chi connectivity index (χ1v) is 5.77. The lowest BCUT2D eigenvalue weighted by molar-refractivity contribution is 0.0568. The van der Waals surface area contributed by atoms with E-state index in [2.05, 4.69) is 5.10 Å². The summed E-state index contributed by atoms with van der Waals surface area (Å²) in [5.74, 6) is 0. The Labute approximate surface area is 102 Å². The largest absolute Gasteiger partial charge is 0.386 e. The van der Waals surface area contributed by atoms with Gasteiger partial charge in [-0.05, 0) is 23.6 Å². The zero-order chi connectivity index (χ0) is 12.5. The highest BCUT2D eigenvalue weighted by Crippen LogP contribution is 2.33. The lowest BCUT2D eigenvalue weighted by atomic mass is 9.87. The van der Waals surface area contributed by atoms with Gasteiger partial charge in [0, 0.05) is 6.20 Å². The van der Waals surface area contributed by atoms with E-state index in [4.69, 9.17) is 0 Å². The van der Waals surface area contributed by atoms with Crippen LogP contribution >= 0.6 is 0 Å². The van der Waals surface area contributed by atoms with Crippen LogP contribution in [0.4, 0.5) is 0 Å². The Morgan fingerprint density at radius 3 is 2.35 bits per heavy atom. The number of aliphatic hydroxyl groups excluding tert-OH is 1. The molecule has 1 atom stereocenters. The summed E-state index contributed by atoms with van der Waals surface area (Å²) in [7, 11) is 0. The van der Waals surface area contributed by atoms with Crippen LogP contribution in [0.2, 0.25) is 0 Å². The van der Waals surface area contributed by atoms with E-state index in [1.165, 1.54) is 0 Å². The summed E-state index contributed by atoms with van der Waals surface area (Å²) in [6.07, 6.45) is 1.18. The van der Waals surface area contributed by atoms with Crippen molar-refractivity contribution in [3.8, 4) is 5.69 Å². The molecule has 0 radical (unpaired) electrons. The highest BCUT2D eigenvalue weighted by Gasteiger charge is 2.26. The Hall–Kier alpha value is -1.61. The van der Waals surface area contributed by atoms with E-state index in [1.807, 2.05) is 57.2 Å². The van der Waals surface area contributed by atoms with Crippen molar-refractivity contribution in [1.82, 2.24) is 9.78 Å². The fraction of sp³-hybridized carbons (Fsp3) is 0.357. The topological polar surface area (TPSA) is 38.1 Å². The van der Waals surface area contributed by atoms with E-state index in [9.17, 15) is 5.11 Å². The summed E-state index contributed by atoms with van der Waals surface area (Å²) in [5, 5.41) is 14.6. The number of hydrogen-bond acceptors (Lipinski definition) is 2. The van der Waals surface area contributed by atoms with Gasteiger partial charge in [-0.2, -0.15) is 5.10 Å². The standard InChI is InChI=1S/C14H18N2O/c1-14(2,3)13(17)12-9-10-15-16(12)11-7-5-4-6-8-11/h4-10,13,17H,1-3H3. The molecule has 0 aliphatic rings. The van der Waals surface area contributed by atoms with Crippen molar-refractivity contribution in [2.75, 3.05) is 0 Å². The zero-order valence-corrected chi connectivity index (χ0v) is 10.5. The second kappa shape index (κ2) is 4.34. The molecule has 0 aliphatic carbocycles. The second-order valence-electron chi connectivity index (χ2n) is 5.27. The van der Waals surface area contributed by atoms with Crippen LogP contribution in [0.1, 0.15) is 32.6 Å². The number of para-hydroxylation sites is 1. The Morgan fingerprint density at radius 2 is 1.76 bits per heavy atom. The molecule has 1 unspecified atom stereocenters. The third-order valence-electron chi connectivity index (χ3n) is 2.77. The quantitative estimate of drug-likeness (QED) is 0.861. The molecule has 90 valence electrons. The summed E-state index contributed by atoms with van der Waals surface area (Å²) in [6.45, 7) is 6.04. The normalized spacial score (nSPS) is 13.6. The van der Waals surface area contributed by atoms with E-state index in [0.29, 0.717) is 0 Å². The van der Waals surface area contributed by atoms with Gasteiger partial charge in [0.15, 0.2) is 0 Å². The van der Waals surface area contributed by atoms with Gasteiger partial charge >= 0.3 is 0 Å². The van der Waals surface area contributed by atoms with Gasteiger partial charge in [-0.3, -0.25) is 0 Å². The van der Waals surface area contributed by atoms with E-state index in [-0.39, 0.29) is 5.41 Å². The summed E-state index contributed by atoms with van der Waals surface area (Å²) in [6, 6.07) is 11.7. The Morgan fingerprint density at radius 1 is 1.12 bits per heavy atom. The Balaban J connectivity index is 2.43. The fourth-order valence-electron chi connectivity index (χ4n) is 1.75. The third-order valence-corrected chi connectivity index (χ3v) is 2.77. The molecule has 1 N–H and O–H groups in total. The zero-order valence-electron chi connectivity index (χ0n) is 10.5. The van der Waals surface area contributed by atoms with Gasteiger partial charge in [-0.25, -0.2) is 4.68 Å². The molecule has 2 aromatic rings. The van der Waals surface area contributed by atoms with E-state index >= 15 is 0 Å². The number of nitrogens with zero attached hydrogens (tertiary/aromatic N) is 2. The Bertz CT molecular complexity index is 482. The van der Waals surface area contributed by atoms with Crippen LogP contribution < -0.4 is 0 Å². The minimum atomic E-state index is -0.537. The van der Waals surface area contributed by atoms with E-state index in [1.54, 1.807) is 10.9 Å². The lowest BCUT2D eigenvalue weighted by Crippen LogP contribution is -2.20. The molecule has 0 saturated heterocycles. The van der Waals surface area contributed by atoms with Gasteiger partial charge in [0.1, 0.15) is 6.10 Å². The number of hydrogen-bond donors (Lipinski definition) is 1. The number of benzene rings is 1. The molecule has 0 saturated carbocycles. The molecule has 0 spiro atoms. The van der Waals surface area contributed by atoms with Crippen molar-refractivity contribution in [3.05, 3.63) is 48.3 Å². The molecule has 0 amide bonds. The van der Waals surface area contributed by atoms with Gasteiger partial charge in [-0.15, -0.1) is 0 Å². The van der Waals surface area contributed by atoms with Crippen LogP contribution in [0.15, 0.2) is 42.6 Å². The molecule has 1 aromatic carbocycles. The molecular formula is C14H18N2O. The van der Waals surface area contributed by atoms with Crippen LogP contribution in [-0.2, 0) is 0 Å². The first-order valence-electron chi connectivity index (χ1n) is 5.77. The van der Waals surface area contributed by atoms with Gasteiger partial charge in [0.25, 0.3) is 0 Å². The minimum Gasteiger partial charge on any atom is -0.386 e. The van der Waals surface area contributed by atoms with Gasteiger partial charge in [0.05, 0.1) is 11.4 Å². The SMILES string of the molecule is CC(C)(C)C(O)c1ccnn1-c1ccccc1. The summed E-state index contributed by atoms with van der Waals surface area (Å²) in [5.41, 5.74) is 1.59. The number of rotatable bonds is 2. The average molecular weight is 230 g/mol. The van der Waals surface area contributed by atoms with Crippen molar-refractivity contribution in [2.24, 2.45) is 5.41 Å². The van der Waals surface area contributed by atoms with E-state index in [0.717, 1.165) is 11.4 Å². The highest BCUT2D eigenvalue weighted by atomic mass is 16.3. The first kappa shape index (κ1) is 11.9. The molecule has 0 fully saturated rings. The molecule has 3 nitrogen and oxygen atoms in total. The van der Waals surface area contributed by atoms with Gasteiger partial charge < -0.3 is 5.11 Å². The number of aliphatic hydroxyl groups is 1. The van der Waals surface area contributed by atoms with Crippen LogP contribution in [0, 0.1) is 5.41 Å². The predicted molar refractivity (Wildman–Crippen MR) is 68.0 cm³/mol. The summed E-state index contributed by atoms with van der Waals surface area (Å²) >= 11 is 0. The van der Waals surface area contributed by atoms with E-state index < -0.39 is 6.10 Å². The maximum atomic E-state index is 10.3. The van der Waals surface area contributed by atoms with Crippen molar-refractivity contribution in [1.29, 1.82) is 0 Å². The van der Waals surface area contributed by atoms with Gasteiger partial charge in [0.2, 0.25) is 0 Å². The number of aromatic nitrogens is 2. The highest BCUT2D eigenvalue weighted by molar-refractivity contribution is 5.33. The monoisotopic (exact) mass is 230 g/mol. The summed E-state index contributed by atoms with van der Waals surface area (Å²) < 4.78 is 1.79. The molecule has 0 aliphatic heterocycles. The minimum absolute atomic E-state index is 0.202. The molecule has 2 rings (SSSR count). The van der Waals surface area contributed by atoms with Crippen LogP contribution in [-0.4, -0.2) is 14.9 Å².